The Balaban J connectivity index is 1.70. The lowest BCUT2D eigenvalue weighted by Crippen LogP contribution is -2.38. The van der Waals surface area contributed by atoms with E-state index in [0.717, 1.165) is 30.2 Å². The molecule has 2 saturated carbocycles. The van der Waals surface area contributed by atoms with Gasteiger partial charge >= 0.3 is 5.97 Å². The number of hydrogen-bond donors (Lipinski definition) is 1. The summed E-state index contributed by atoms with van der Waals surface area (Å²) in [4.78, 5) is 24.2. The fourth-order valence-electron chi connectivity index (χ4n) is 3.23. The maximum Gasteiger partial charge on any atom is 0.333 e. The summed E-state index contributed by atoms with van der Waals surface area (Å²) < 4.78 is 4.81. The third-order valence-electron chi connectivity index (χ3n) is 4.47. The Morgan fingerprint density at radius 1 is 1.15 bits per heavy atom. The van der Waals surface area contributed by atoms with E-state index in [-0.39, 0.29) is 11.8 Å². The summed E-state index contributed by atoms with van der Waals surface area (Å²) in [6.45, 7) is 0. The van der Waals surface area contributed by atoms with Gasteiger partial charge in [0.05, 0.1) is 7.11 Å². The summed E-state index contributed by atoms with van der Waals surface area (Å²) in [6, 6.07) is 8.53. The van der Waals surface area contributed by atoms with E-state index in [1.54, 1.807) is 0 Å². The van der Waals surface area contributed by atoms with Crippen molar-refractivity contribution >= 4 is 11.9 Å². The lowest BCUT2D eigenvalue weighted by molar-refractivity contribution is -0.145. The molecular formula is C16H19NO3. The molecular weight excluding hydrogens is 254 g/mol. The van der Waals surface area contributed by atoms with Crippen molar-refractivity contribution in [3.05, 3.63) is 35.9 Å². The van der Waals surface area contributed by atoms with Gasteiger partial charge in [-0.3, -0.25) is 4.79 Å². The van der Waals surface area contributed by atoms with Crippen molar-refractivity contribution in [1.82, 2.24) is 5.32 Å². The van der Waals surface area contributed by atoms with Gasteiger partial charge in [-0.05, 0) is 36.7 Å². The summed E-state index contributed by atoms with van der Waals surface area (Å²) >= 11 is 0. The van der Waals surface area contributed by atoms with Crippen molar-refractivity contribution in [2.75, 3.05) is 7.11 Å². The second-order valence-corrected chi connectivity index (χ2v) is 5.80. The predicted molar refractivity (Wildman–Crippen MR) is 73.7 cm³/mol. The van der Waals surface area contributed by atoms with Gasteiger partial charge in [0, 0.05) is 5.92 Å². The first-order valence-corrected chi connectivity index (χ1v) is 7.12. The van der Waals surface area contributed by atoms with Crippen LogP contribution in [0.15, 0.2) is 30.3 Å². The molecule has 20 heavy (non-hydrogen) atoms. The standard InChI is InChI=1S/C16H19NO3/c1-20-16(19)14(10-5-3-2-4-6-10)17-15(18)13-8-11-7-12(11)9-13/h2-6,11-14H,7-9H2,1H3,(H,17,18). The Hall–Kier alpha value is -1.84. The van der Waals surface area contributed by atoms with Gasteiger partial charge < -0.3 is 10.1 Å². The average molecular weight is 273 g/mol. The van der Waals surface area contributed by atoms with E-state index in [4.69, 9.17) is 4.74 Å². The number of rotatable bonds is 4. The quantitative estimate of drug-likeness (QED) is 0.854. The Bertz CT molecular complexity index is 504. The number of esters is 1. The second-order valence-electron chi connectivity index (χ2n) is 5.80. The zero-order chi connectivity index (χ0) is 14.1. The van der Waals surface area contributed by atoms with Crippen LogP contribution in [-0.2, 0) is 14.3 Å². The van der Waals surface area contributed by atoms with Crippen molar-refractivity contribution in [1.29, 1.82) is 0 Å². The molecule has 2 fully saturated rings. The minimum Gasteiger partial charge on any atom is -0.467 e. The van der Waals surface area contributed by atoms with Crippen LogP contribution in [0.4, 0.5) is 0 Å². The van der Waals surface area contributed by atoms with Crippen molar-refractivity contribution in [3.8, 4) is 0 Å². The van der Waals surface area contributed by atoms with E-state index in [1.807, 2.05) is 30.3 Å². The number of nitrogens with one attached hydrogen (secondary N) is 1. The molecule has 0 heterocycles. The third-order valence-corrected chi connectivity index (χ3v) is 4.47. The molecule has 0 aromatic heterocycles. The highest BCUT2D eigenvalue weighted by Gasteiger charge is 2.48. The van der Waals surface area contributed by atoms with Crippen molar-refractivity contribution < 1.29 is 14.3 Å². The Kier molecular flexibility index (Phi) is 3.47. The normalized spacial score (nSPS) is 28.4. The first-order valence-electron chi connectivity index (χ1n) is 7.12. The molecule has 106 valence electrons. The smallest absolute Gasteiger partial charge is 0.333 e. The van der Waals surface area contributed by atoms with Crippen LogP contribution in [0, 0.1) is 17.8 Å². The molecule has 4 heteroatoms. The molecule has 0 radical (unpaired) electrons. The summed E-state index contributed by atoms with van der Waals surface area (Å²) in [5.74, 6) is 1.12. The number of carbonyl (C=O) groups is 2. The first-order chi connectivity index (χ1) is 9.69. The van der Waals surface area contributed by atoms with E-state index < -0.39 is 12.0 Å². The first kappa shape index (κ1) is 13.2. The Labute approximate surface area is 118 Å². The van der Waals surface area contributed by atoms with Crippen LogP contribution >= 0.6 is 0 Å². The summed E-state index contributed by atoms with van der Waals surface area (Å²) in [5, 5.41) is 2.85. The SMILES string of the molecule is COC(=O)C(NC(=O)C1CC2CC2C1)c1ccccc1. The van der Waals surface area contributed by atoms with Crippen LogP contribution in [0.2, 0.25) is 0 Å². The molecule has 3 atom stereocenters. The highest BCUT2D eigenvalue weighted by atomic mass is 16.5. The lowest BCUT2D eigenvalue weighted by Gasteiger charge is -2.19. The molecule has 2 aliphatic carbocycles. The maximum absolute atomic E-state index is 12.3. The maximum atomic E-state index is 12.3. The minimum atomic E-state index is -0.703. The van der Waals surface area contributed by atoms with E-state index in [9.17, 15) is 9.59 Å². The van der Waals surface area contributed by atoms with Gasteiger partial charge in [0.15, 0.2) is 6.04 Å². The molecule has 0 spiro atoms. The van der Waals surface area contributed by atoms with Gasteiger partial charge in [-0.25, -0.2) is 4.79 Å². The topological polar surface area (TPSA) is 55.4 Å². The largest absolute Gasteiger partial charge is 0.467 e. The predicted octanol–water partition coefficient (Wildman–Crippen LogP) is 2.06. The second kappa shape index (κ2) is 5.27. The van der Waals surface area contributed by atoms with Crippen LogP contribution < -0.4 is 5.32 Å². The molecule has 1 amide bonds. The third kappa shape index (κ3) is 2.55. The molecule has 0 saturated heterocycles. The summed E-state index contributed by atoms with van der Waals surface area (Å²) in [5.41, 5.74) is 0.760. The van der Waals surface area contributed by atoms with E-state index in [1.165, 1.54) is 13.5 Å². The van der Waals surface area contributed by atoms with Gasteiger partial charge in [0.25, 0.3) is 0 Å². The number of hydrogen-bond acceptors (Lipinski definition) is 3. The summed E-state index contributed by atoms with van der Waals surface area (Å²) in [6.07, 6.45) is 3.22. The van der Waals surface area contributed by atoms with E-state index in [0.29, 0.717) is 0 Å². The van der Waals surface area contributed by atoms with E-state index in [2.05, 4.69) is 5.32 Å². The Morgan fingerprint density at radius 3 is 2.40 bits per heavy atom. The molecule has 1 N–H and O–H groups in total. The molecule has 1 aromatic rings. The number of methoxy groups -OCH3 is 1. The fourth-order valence-corrected chi connectivity index (χ4v) is 3.23. The van der Waals surface area contributed by atoms with Crippen molar-refractivity contribution in [3.63, 3.8) is 0 Å². The molecule has 0 bridgehead atoms. The van der Waals surface area contributed by atoms with Gasteiger partial charge in [-0.2, -0.15) is 0 Å². The number of ether oxygens (including phenoxy) is 1. The van der Waals surface area contributed by atoms with Crippen LogP contribution in [0.25, 0.3) is 0 Å². The average Bonchev–Trinajstić information content (AvgIpc) is 3.10. The van der Waals surface area contributed by atoms with Crippen molar-refractivity contribution in [2.45, 2.75) is 25.3 Å². The zero-order valence-electron chi connectivity index (χ0n) is 11.5. The lowest BCUT2D eigenvalue weighted by atomic mass is 10.0. The highest BCUT2D eigenvalue weighted by Crippen LogP contribution is 2.54. The number of amides is 1. The van der Waals surface area contributed by atoms with Crippen LogP contribution in [0.1, 0.15) is 30.9 Å². The molecule has 4 nitrogen and oxygen atoms in total. The summed E-state index contributed by atoms with van der Waals surface area (Å²) in [7, 11) is 1.34. The van der Waals surface area contributed by atoms with Crippen LogP contribution in [-0.4, -0.2) is 19.0 Å². The number of carbonyl (C=O) groups excluding carboxylic acids is 2. The molecule has 0 aliphatic heterocycles. The van der Waals surface area contributed by atoms with Gasteiger partial charge in [-0.15, -0.1) is 0 Å². The minimum absolute atomic E-state index is 0.0172. The Morgan fingerprint density at radius 2 is 1.80 bits per heavy atom. The van der Waals surface area contributed by atoms with Crippen LogP contribution in [0.3, 0.4) is 0 Å². The van der Waals surface area contributed by atoms with Gasteiger partial charge in [0.2, 0.25) is 5.91 Å². The molecule has 3 unspecified atom stereocenters. The molecule has 2 aliphatic rings. The highest BCUT2D eigenvalue weighted by molar-refractivity contribution is 5.86. The van der Waals surface area contributed by atoms with Gasteiger partial charge in [0.1, 0.15) is 0 Å². The van der Waals surface area contributed by atoms with Crippen molar-refractivity contribution in [2.24, 2.45) is 17.8 Å². The number of benzene rings is 1. The van der Waals surface area contributed by atoms with Gasteiger partial charge in [-0.1, -0.05) is 30.3 Å². The molecule has 3 rings (SSSR count). The van der Waals surface area contributed by atoms with Crippen LogP contribution in [0.5, 0.6) is 0 Å². The monoisotopic (exact) mass is 273 g/mol. The number of fused-ring (bicyclic) bond motifs is 1. The van der Waals surface area contributed by atoms with E-state index >= 15 is 0 Å². The zero-order valence-corrected chi connectivity index (χ0v) is 11.5. The fraction of sp³-hybridized carbons (Fsp3) is 0.500. The molecule has 1 aromatic carbocycles.